The van der Waals surface area contributed by atoms with Crippen LogP contribution in [-0.2, 0) is 0 Å². The van der Waals surface area contributed by atoms with Crippen molar-refractivity contribution in [3.8, 4) is 0 Å². The van der Waals surface area contributed by atoms with Crippen molar-refractivity contribution in [3.05, 3.63) is 12.3 Å². The first-order valence-electron chi connectivity index (χ1n) is 2.24. The topological polar surface area (TPSA) is 44.3 Å². The van der Waals surface area contributed by atoms with Gasteiger partial charge < -0.3 is 0 Å². The average molecular weight is 107 g/mol. The maximum atomic E-state index is 3.87. The average Bonchev–Trinajstić information content (AvgIpc) is 2.15. The Labute approximate surface area is 45.8 Å². The summed E-state index contributed by atoms with van der Waals surface area (Å²) in [5.41, 5.74) is 0. The number of rotatable bonds is 0. The number of hydrogen-bond acceptors (Lipinski definition) is 2. The first kappa shape index (κ1) is 3.65. The van der Waals surface area contributed by atoms with Gasteiger partial charge in [0.15, 0.2) is 5.82 Å². The molecule has 0 unspecified atom stereocenters. The first-order chi connectivity index (χ1) is 3.97. The number of fused-ring (bicyclic) bond motifs is 1. The van der Waals surface area contributed by atoms with Gasteiger partial charge >= 0.3 is 0 Å². The van der Waals surface area contributed by atoms with Gasteiger partial charge in [0.25, 0.3) is 0 Å². The normalized spacial score (nSPS) is 13.5. The van der Waals surface area contributed by atoms with E-state index in [0.29, 0.717) is 0 Å². The van der Waals surface area contributed by atoms with Crippen LogP contribution in [0.5, 0.6) is 0 Å². The van der Waals surface area contributed by atoms with E-state index < -0.39 is 0 Å². The highest BCUT2D eigenvalue weighted by atomic mass is 15.6. The lowest BCUT2D eigenvalue weighted by atomic mass is 10.6. The molecule has 0 N–H and O–H groups in total. The van der Waals surface area contributed by atoms with Gasteiger partial charge in [-0.25, -0.2) is 5.32 Å². The Hall–Kier alpha value is -1.32. The summed E-state index contributed by atoms with van der Waals surface area (Å²) in [6, 6.07) is 1.80. The predicted molar refractivity (Wildman–Crippen MR) is 27.9 cm³/mol. The van der Waals surface area contributed by atoms with Crippen LogP contribution < -0.4 is 5.32 Å². The summed E-state index contributed by atoms with van der Waals surface area (Å²) in [5.74, 6) is 0.796. The molecule has 0 spiro atoms. The lowest BCUT2D eigenvalue weighted by molar-refractivity contribution is 0.764. The van der Waals surface area contributed by atoms with Crippen LogP contribution in [0.15, 0.2) is 17.4 Å². The number of hydrogen-bond donors (Lipinski definition) is 0. The Morgan fingerprint density at radius 1 is 1.50 bits per heavy atom. The Morgan fingerprint density at radius 3 is 3.38 bits per heavy atom. The molecule has 1 aromatic heterocycles. The van der Waals surface area contributed by atoms with Crippen molar-refractivity contribution < 1.29 is 0 Å². The van der Waals surface area contributed by atoms with Crippen LogP contribution in [0.4, 0.5) is 5.82 Å². The van der Waals surface area contributed by atoms with E-state index in [4.69, 9.17) is 0 Å². The van der Waals surface area contributed by atoms with Crippen molar-refractivity contribution in [1.82, 2.24) is 15.2 Å². The summed E-state index contributed by atoms with van der Waals surface area (Å²) >= 11 is 0. The molecule has 0 saturated heterocycles. The largest absolute Gasteiger partial charge is 0.213 e. The standard InChI is InChI=1S/C4H3N4/c1-2-6-8-4(1)5-3-7-8/h1-3H. The zero-order chi connectivity index (χ0) is 5.40. The fraction of sp³-hybridized carbons (Fsp3) is 0. The van der Waals surface area contributed by atoms with Gasteiger partial charge in [0.2, 0.25) is 0 Å². The molecule has 0 aliphatic carbocycles. The van der Waals surface area contributed by atoms with Crippen LogP contribution in [0, 0.1) is 0 Å². The number of aromatic nitrogens is 2. The third-order valence-corrected chi connectivity index (χ3v) is 0.956. The highest BCUT2D eigenvalue weighted by Crippen LogP contribution is 2.07. The van der Waals surface area contributed by atoms with Gasteiger partial charge in [0.05, 0.1) is 6.20 Å². The van der Waals surface area contributed by atoms with E-state index in [2.05, 4.69) is 15.5 Å². The van der Waals surface area contributed by atoms with Crippen molar-refractivity contribution in [2.75, 3.05) is 0 Å². The summed E-state index contributed by atoms with van der Waals surface area (Å²) in [7, 11) is 0. The highest BCUT2D eigenvalue weighted by Gasteiger charge is 2.03. The molecular formula is C4H3N4. The van der Waals surface area contributed by atoms with E-state index in [9.17, 15) is 0 Å². The zero-order valence-corrected chi connectivity index (χ0v) is 4.02. The Balaban J connectivity index is 2.67. The van der Waals surface area contributed by atoms with Gasteiger partial charge in [0, 0.05) is 6.07 Å². The van der Waals surface area contributed by atoms with Gasteiger partial charge in [-0.3, -0.25) is 0 Å². The molecule has 0 amide bonds. The SMILES string of the molecule is C1=Nn2nccc2[N]1. The quantitative estimate of drug-likeness (QED) is 0.457. The van der Waals surface area contributed by atoms with Crippen LogP contribution in [0.3, 0.4) is 0 Å². The molecule has 2 rings (SSSR count). The summed E-state index contributed by atoms with van der Waals surface area (Å²) < 4.78 is 0. The van der Waals surface area contributed by atoms with Gasteiger partial charge in [-0.2, -0.15) is 5.10 Å². The highest BCUT2D eigenvalue weighted by molar-refractivity contribution is 5.64. The first-order valence-corrected chi connectivity index (χ1v) is 2.24. The van der Waals surface area contributed by atoms with Crippen molar-refractivity contribution in [2.45, 2.75) is 0 Å². The molecule has 4 nitrogen and oxygen atoms in total. The second-order valence-electron chi connectivity index (χ2n) is 1.44. The van der Waals surface area contributed by atoms with Crippen molar-refractivity contribution in [2.24, 2.45) is 5.10 Å². The molecule has 1 aliphatic rings. The maximum absolute atomic E-state index is 3.87. The van der Waals surface area contributed by atoms with Gasteiger partial charge in [-0.1, -0.05) is 0 Å². The fourth-order valence-electron chi connectivity index (χ4n) is 0.606. The van der Waals surface area contributed by atoms with Crippen LogP contribution in [-0.4, -0.2) is 16.2 Å². The van der Waals surface area contributed by atoms with Crippen molar-refractivity contribution in [1.29, 1.82) is 0 Å². The van der Waals surface area contributed by atoms with Crippen LogP contribution in [0.1, 0.15) is 0 Å². The monoisotopic (exact) mass is 107 g/mol. The molecule has 8 heavy (non-hydrogen) atoms. The zero-order valence-electron chi connectivity index (χ0n) is 4.02. The van der Waals surface area contributed by atoms with Gasteiger partial charge in [-0.05, 0) is 0 Å². The Kier molecular flexibility index (Phi) is 0.498. The van der Waals surface area contributed by atoms with E-state index in [-0.39, 0.29) is 0 Å². The minimum Gasteiger partial charge on any atom is -0.213 e. The third kappa shape index (κ3) is 0.294. The van der Waals surface area contributed by atoms with Gasteiger partial charge in [-0.15, -0.1) is 9.89 Å². The van der Waals surface area contributed by atoms with Crippen LogP contribution in [0.2, 0.25) is 0 Å². The molecule has 0 atom stereocenters. The Bertz CT molecular complexity index is 224. The second-order valence-corrected chi connectivity index (χ2v) is 1.44. The number of nitrogens with zero attached hydrogens (tertiary/aromatic N) is 4. The van der Waals surface area contributed by atoms with Crippen molar-refractivity contribution in [3.63, 3.8) is 0 Å². The summed E-state index contributed by atoms with van der Waals surface area (Å²) in [5, 5.41) is 11.5. The molecule has 1 radical (unpaired) electrons. The molecule has 0 aromatic carbocycles. The molecule has 1 aliphatic heterocycles. The van der Waals surface area contributed by atoms with E-state index in [1.54, 1.807) is 12.3 Å². The molecule has 0 saturated carbocycles. The smallest absolute Gasteiger partial charge is 0.177 e. The molecule has 1 aromatic rings. The van der Waals surface area contributed by atoms with E-state index in [1.165, 1.54) is 11.1 Å². The van der Waals surface area contributed by atoms with Gasteiger partial charge in [0.1, 0.15) is 6.34 Å². The van der Waals surface area contributed by atoms with E-state index >= 15 is 0 Å². The fourth-order valence-corrected chi connectivity index (χ4v) is 0.606. The molecule has 0 bridgehead atoms. The van der Waals surface area contributed by atoms with Crippen molar-refractivity contribution >= 4 is 12.2 Å². The second kappa shape index (κ2) is 1.09. The molecule has 0 fully saturated rings. The van der Waals surface area contributed by atoms with E-state index in [0.717, 1.165) is 5.82 Å². The third-order valence-electron chi connectivity index (χ3n) is 0.956. The molecule has 4 heteroatoms. The summed E-state index contributed by atoms with van der Waals surface area (Å²) in [6.07, 6.45) is 3.14. The molecular weight excluding hydrogens is 104 g/mol. The predicted octanol–water partition coefficient (Wildman–Crippen LogP) is -0.0760. The maximum Gasteiger partial charge on any atom is 0.177 e. The van der Waals surface area contributed by atoms with E-state index in [1.807, 2.05) is 0 Å². The minimum atomic E-state index is 0.796. The van der Waals surface area contributed by atoms with Crippen LogP contribution >= 0.6 is 0 Å². The lowest BCUT2D eigenvalue weighted by Crippen LogP contribution is -1.86. The minimum absolute atomic E-state index is 0.796. The molecule has 39 valence electrons. The summed E-state index contributed by atoms with van der Waals surface area (Å²) in [4.78, 5) is 1.47. The molecule has 2 heterocycles. The van der Waals surface area contributed by atoms with Crippen LogP contribution in [0.25, 0.3) is 0 Å². The lowest BCUT2D eigenvalue weighted by Gasteiger charge is -1.81. The Morgan fingerprint density at radius 2 is 2.50 bits per heavy atom. The summed E-state index contributed by atoms with van der Waals surface area (Å²) in [6.45, 7) is 0.